The third-order valence-electron chi connectivity index (χ3n) is 3.48. The summed E-state index contributed by atoms with van der Waals surface area (Å²) in [4.78, 5) is 0. The number of hydrogen-bond donors (Lipinski definition) is 2. The molecule has 2 heteroatoms. The van der Waals surface area contributed by atoms with Gasteiger partial charge >= 0.3 is 0 Å². The number of benzene rings is 2. The van der Waals surface area contributed by atoms with E-state index in [1.165, 1.54) is 11.1 Å². The summed E-state index contributed by atoms with van der Waals surface area (Å²) in [5.74, 6) is 0.778. The SMILES string of the molecule is CCCNCC(Cc1cccc(O)c1)c1ccccc1. The van der Waals surface area contributed by atoms with E-state index in [9.17, 15) is 5.11 Å². The summed E-state index contributed by atoms with van der Waals surface area (Å²) >= 11 is 0. The molecule has 2 N–H and O–H groups in total. The van der Waals surface area contributed by atoms with Gasteiger partial charge in [-0.1, -0.05) is 49.4 Å². The van der Waals surface area contributed by atoms with Gasteiger partial charge in [0.2, 0.25) is 0 Å². The molecule has 1 unspecified atom stereocenters. The molecule has 106 valence electrons. The van der Waals surface area contributed by atoms with E-state index in [-0.39, 0.29) is 0 Å². The number of nitrogens with one attached hydrogen (secondary N) is 1. The van der Waals surface area contributed by atoms with Crippen LogP contribution in [-0.4, -0.2) is 18.2 Å². The second kappa shape index (κ2) is 7.71. The fourth-order valence-corrected chi connectivity index (χ4v) is 2.45. The molecule has 0 bridgehead atoms. The van der Waals surface area contributed by atoms with Crippen molar-refractivity contribution in [2.24, 2.45) is 0 Å². The predicted octanol–water partition coefficient (Wildman–Crippen LogP) is 3.72. The van der Waals surface area contributed by atoms with Gasteiger partial charge < -0.3 is 10.4 Å². The van der Waals surface area contributed by atoms with Gasteiger partial charge in [-0.2, -0.15) is 0 Å². The van der Waals surface area contributed by atoms with Gasteiger partial charge in [-0.3, -0.25) is 0 Å². The topological polar surface area (TPSA) is 32.3 Å². The number of phenols is 1. The molecule has 0 saturated carbocycles. The molecule has 0 radical (unpaired) electrons. The second-order valence-electron chi connectivity index (χ2n) is 5.19. The molecule has 1 atom stereocenters. The molecule has 2 nitrogen and oxygen atoms in total. The first-order valence-electron chi connectivity index (χ1n) is 7.33. The minimum Gasteiger partial charge on any atom is -0.508 e. The lowest BCUT2D eigenvalue weighted by Gasteiger charge is -2.18. The van der Waals surface area contributed by atoms with E-state index in [1.54, 1.807) is 6.07 Å². The number of rotatable bonds is 7. The van der Waals surface area contributed by atoms with Crippen molar-refractivity contribution >= 4 is 0 Å². The molecule has 0 amide bonds. The Hall–Kier alpha value is -1.80. The molecule has 0 fully saturated rings. The van der Waals surface area contributed by atoms with Crippen molar-refractivity contribution in [3.05, 3.63) is 65.7 Å². The Morgan fingerprint density at radius 2 is 1.85 bits per heavy atom. The fraction of sp³-hybridized carbons (Fsp3) is 0.333. The number of aromatic hydroxyl groups is 1. The van der Waals surface area contributed by atoms with Crippen LogP contribution >= 0.6 is 0 Å². The molecule has 0 spiro atoms. The first-order valence-corrected chi connectivity index (χ1v) is 7.33. The number of hydrogen-bond acceptors (Lipinski definition) is 2. The van der Waals surface area contributed by atoms with E-state index in [1.807, 2.05) is 18.2 Å². The molecule has 0 aliphatic rings. The van der Waals surface area contributed by atoms with Gasteiger partial charge in [0, 0.05) is 12.5 Å². The third-order valence-corrected chi connectivity index (χ3v) is 3.48. The minimum absolute atomic E-state index is 0.343. The molecule has 2 aromatic carbocycles. The molecule has 0 saturated heterocycles. The molecule has 2 rings (SSSR count). The van der Waals surface area contributed by atoms with Crippen molar-refractivity contribution < 1.29 is 5.11 Å². The van der Waals surface area contributed by atoms with Gasteiger partial charge in [0.25, 0.3) is 0 Å². The summed E-state index contributed by atoms with van der Waals surface area (Å²) < 4.78 is 0. The standard InChI is InChI=1S/C18H23NO/c1-2-11-19-14-17(16-8-4-3-5-9-16)12-15-7-6-10-18(20)13-15/h3-10,13,17,19-20H,2,11-12,14H2,1H3. The van der Waals surface area contributed by atoms with Crippen LogP contribution in [0.3, 0.4) is 0 Å². The van der Waals surface area contributed by atoms with E-state index >= 15 is 0 Å². The third kappa shape index (κ3) is 4.39. The Bertz CT molecular complexity index is 510. The smallest absolute Gasteiger partial charge is 0.115 e. The number of phenolic OH excluding ortho intramolecular Hbond substituents is 1. The highest BCUT2D eigenvalue weighted by molar-refractivity contribution is 5.30. The fourth-order valence-electron chi connectivity index (χ4n) is 2.45. The molecule has 0 aliphatic heterocycles. The first kappa shape index (κ1) is 14.6. The van der Waals surface area contributed by atoms with Gasteiger partial charge in [0.15, 0.2) is 0 Å². The lowest BCUT2D eigenvalue weighted by atomic mass is 9.92. The molecular weight excluding hydrogens is 246 g/mol. The van der Waals surface area contributed by atoms with Crippen LogP contribution in [0.15, 0.2) is 54.6 Å². The normalized spacial score (nSPS) is 12.2. The highest BCUT2D eigenvalue weighted by atomic mass is 16.3. The van der Waals surface area contributed by atoms with Crippen LogP contribution in [0.5, 0.6) is 5.75 Å². The quantitative estimate of drug-likeness (QED) is 0.751. The summed E-state index contributed by atoms with van der Waals surface area (Å²) in [7, 11) is 0. The highest BCUT2D eigenvalue weighted by Crippen LogP contribution is 2.22. The maximum absolute atomic E-state index is 9.60. The Morgan fingerprint density at radius 3 is 2.55 bits per heavy atom. The molecule has 2 aromatic rings. The van der Waals surface area contributed by atoms with E-state index in [0.717, 1.165) is 25.9 Å². The maximum atomic E-state index is 9.60. The van der Waals surface area contributed by atoms with Gasteiger partial charge in [-0.25, -0.2) is 0 Å². The van der Waals surface area contributed by atoms with Crippen molar-refractivity contribution in [3.8, 4) is 5.75 Å². The molecular formula is C18H23NO. The molecule has 0 aliphatic carbocycles. The van der Waals surface area contributed by atoms with E-state index in [0.29, 0.717) is 11.7 Å². The van der Waals surface area contributed by atoms with Crippen molar-refractivity contribution in [1.29, 1.82) is 0 Å². The van der Waals surface area contributed by atoms with Crippen LogP contribution in [0.4, 0.5) is 0 Å². The lowest BCUT2D eigenvalue weighted by Crippen LogP contribution is -2.23. The second-order valence-corrected chi connectivity index (χ2v) is 5.19. The Morgan fingerprint density at radius 1 is 1.05 bits per heavy atom. The average molecular weight is 269 g/mol. The van der Waals surface area contributed by atoms with Crippen molar-refractivity contribution in [2.75, 3.05) is 13.1 Å². The van der Waals surface area contributed by atoms with Crippen LogP contribution in [0.2, 0.25) is 0 Å². The van der Waals surface area contributed by atoms with Crippen molar-refractivity contribution in [2.45, 2.75) is 25.7 Å². The monoisotopic (exact) mass is 269 g/mol. The van der Waals surface area contributed by atoms with Crippen molar-refractivity contribution in [1.82, 2.24) is 5.32 Å². The highest BCUT2D eigenvalue weighted by Gasteiger charge is 2.12. The summed E-state index contributed by atoms with van der Waals surface area (Å²) in [6, 6.07) is 18.2. The van der Waals surface area contributed by atoms with Crippen LogP contribution < -0.4 is 5.32 Å². The van der Waals surface area contributed by atoms with Gasteiger partial charge in [0.05, 0.1) is 0 Å². The minimum atomic E-state index is 0.343. The molecule has 0 aromatic heterocycles. The van der Waals surface area contributed by atoms with Gasteiger partial charge in [-0.05, 0) is 42.6 Å². The Balaban J connectivity index is 2.10. The Labute approximate surface area is 121 Å². The van der Waals surface area contributed by atoms with E-state index in [4.69, 9.17) is 0 Å². The van der Waals surface area contributed by atoms with Crippen molar-refractivity contribution in [3.63, 3.8) is 0 Å². The predicted molar refractivity (Wildman–Crippen MR) is 84.2 cm³/mol. The van der Waals surface area contributed by atoms with Crippen LogP contribution in [0.25, 0.3) is 0 Å². The summed E-state index contributed by atoms with van der Waals surface area (Å²) in [6.45, 7) is 4.19. The molecule has 0 heterocycles. The van der Waals surface area contributed by atoms with Gasteiger partial charge in [0.1, 0.15) is 5.75 Å². The first-order chi connectivity index (χ1) is 9.79. The van der Waals surface area contributed by atoms with Gasteiger partial charge in [-0.15, -0.1) is 0 Å². The molecule has 20 heavy (non-hydrogen) atoms. The Kier molecular flexibility index (Phi) is 5.63. The zero-order valence-corrected chi connectivity index (χ0v) is 12.0. The summed E-state index contributed by atoms with van der Waals surface area (Å²) in [5.41, 5.74) is 2.52. The van der Waals surface area contributed by atoms with Crippen LogP contribution in [0.1, 0.15) is 30.4 Å². The zero-order valence-electron chi connectivity index (χ0n) is 12.0. The maximum Gasteiger partial charge on any atom is 0.115 e. The van der Waals surface area contributed by atoms with E-state index in [2.05, 4.69) is 42.6 Å². The van der Waals surface area contributed by atoms with Crippen LogP contribution in [0, 0.1) is 0 Å². The zero-order chi connectivity index (χ0) is 14.2. The largest absolute Gasteiger partial charge is 0.508 e. The lowest BCUT2D eigenvalue weighted by molar-refractivity contribution is 0.474. The summed E-state index contributed by atoms with van der Waals surface area (Å²) in [6.07, 6.45) is 2.09. The summed E-state index contributed by atoms with van der Waals surface area (Å²) in [5, 5.41) is 13.1. The van der Waals surface area contributed by atoms with Crippen LogP contribution in [-0.2, 0) is 6.42 Å². The van der Waals surface area contributed by atoms with E-state index < -0.39 is 0 Å². The average Bonchev–Trinajstić information content (AvgIpc) is 2.47.